The van der Waals surface area contributed by atoms with E-state index >= 15 is 0 Å². The van der Waals surface area contributed by atoms with Crippen LogP contribution in [0.3, 0.4) is 0 Å². The molecule has 11 rings (SSSR count). The van der Waals surface area contributed by atoms with Crippen LogP contribution in [0, 0.1) is 0 Å². The smallest absolute Gasteiger partial charge is 0.271 e. The van der Waals surface area contributed by atoms with Gasteiger partial charge in [0.25, 0.3) is 6.48 Å². The number of carbonyl (C=O) groups is 6. The topological polar surface area (TPSA) is 623 Å². The lowest BCUT2D eigenvalue weighted by Gasteiger charge is -2.42. The Morgan fingerprint density at radius 1 is 0.414 bits per heavy atom. The van der Waals surface area contributed by atoms with Crippen molar-refractivity contribution in [1.29, 1.82) is 0 Å². The first kappa shape index (κ1) is 118. The van der Waals surface area contributed by atoms with Crippen molar-refractivity contribution >= 4 is 57.0 Å². The van der Waals surface area contributed by atoms with E-state index in [1.54, 1.807) is 60.4 Å². The number of fused-ring (bicyclic) bond motifs is 6. The summed E-state index contributed by atoms with van der Waals surface area (Å²) < 4.78 is 144. The molecule has 0 spiro atoms. The Morgan fingerprint density at radius 3 is 1.17 bits per heavy atom. The highest BCUT2D eigenvalue weighted by atomic mass is 33.1. The van der Waals surface area contributed by atoms with Crippen LogP contribution in [0.15, 0.2) is 48.0 Å². The van der Waals surface area contributed by atoms with Crippen LogP contribution in [0.25, 0.3) is 0 Å². The fourth-order valence-electron chi connectivity index (χ4n) is 16.3. The van der Waals surface area contributed by atoms with Gasteiger partial charge in [-0.1, -0.05) is 51.8 Å². The predicted molar refractivity (Wildman–Crippen MR) is 504 cm³/mol. The maximum Gasteiger partial charge on any atom is 0.271 e. The molecule has 0 saturated carbocycles. The third kappa shape index (κ3) is 41.2. The zero-order chi connectivity index (χ0) is 103. The number of nitrogens with zero attached hydrogens (tertiary/aromatic N) is 10. The summed E-state index contributed by atoms with van der Waals surface area (Å²) in [5.74, 6) is -0.638. The molecule has 0 aromatic carbocycles. The van der Waals surface area contributed by atoms with Gasteiger partial charge in [-0.15, -0.1) is 15.3 Å². The van der Waals surface area contributed by atoms with Crippen LogP contribution in [0.5, 0.6) is 0 Å². The summed E-state index contributed by atoms with van der Waals surface area (Å²) in [6.07, 6.45) is 3.64. The first-order valence-electron chi connectivity index (χ1n) is 49.5. The zero-order valence-corrected chi connectivity index (χ0v) is 84.5. The summed E-state index contributed by atoms with van der Waals surface area (Å²) in [7, 11) is 3.42. The molecule has 6 amide bonds. The number of aliphatic hydroxyl groups excluding tert-OH is 6. The number of unbranched alkanes of at least 4 members (excludes halogenated alkanes) is 6. The largest absolute Gasteiger partial charge is 0.388 e. The first-order chi connectivity index (χ1) is 70.5. The molecule has 15 atom stereocenters. The van der Waals surface area contributed by atoms with Crippen molar-refractivity contribution < 1.29 is 173 Å². The lowest BCUT2D eigenvalue weighted by atomic mass is 9.88. The minimum Gasteiger partial charge on any atom is -0.388 e. The molecule has 0 unspecified atom stereocenters. The Morgan fingerprint density at radius 2 is 0.779 bits per heavy atom. The Labute approximate surface area is 849 Å². The van der Waals surface area contributed by atoms with E-state index in [4.69, 9.17) is 114 Å². The van der Waals surface area contributed by atoms with Gasteiger partial charge < -0.3 is 176 Å². The van der Waals surface area contributed by atoms with Crippen LogP contribution in [-0.2, 0) is 182 Å². The van der Waals surface area contributed by atoms with E-state index in [1.165, 1.54) is 20.8 Å². The van der Waals surface area contributed by atoms with Crippen LogP contribution in [0.4, 0.5) is 0 Å². The second-order valence-corrected chi connectivity index (χ2v) is 38.3. The van der Waals surface area contributed by atoms with Gasteiger partial charge in [0.2, 0.25) is 35.4 Å². The minimum absolute atomic E-state index is 0.0227. The molecule has 7 saturated heterocycles. The fraction of sp³-hybridized carbons (Fsp3) is 0.813. The number of rotatable bonds is 80. The number of hydrogen-bond donors (Lipinski definition) is 12. The molecule has 7 aliphatic rings. The molecule has 0 radical (unpaired) electrons. The number of pyridine rings is 1. The lowest BCUT2D eigenvalue weighted by molar-refractivity contribution is -0.315. The quantitative estimate of drug-likeness (QED) is 0.0155. The number of ether oxygens (including phenoxy) is 24. The monoisotopic (exact) mass is 2100 g/mol. The molecule has 12 N–H and O–H groups in total. The van der Waals surface area contributed by atoms with Crippen LogP contribution in [0.2, 0.25) is 0 Å². The fourth-order valence-corrected chi connectivity index (χ4v) is 18.4. The number of aromatic nitrogens is 10. The van der Waals surface area contributed by atoms with Crippen molar-refractivity contribution in [3.63, 3.8) is 0 Å². The van der Waals surface area contributed by atoms with Gasteiger partial charge in [-0.05, 0) is 61.5 Å². The average Bonchev–Trinajstić information content (AvgIpc) is 1.61. The van der Waals surface area contributed by atoms with Gasteiger partial charge in [0.05, 0.1) is 282 Å². The summed E-state index contributed by atoms with van der Waals surface area (Å²) in [6, 6.07) is 2.84. The molecule has 820 valence electrons. The van der Waals surface area contributed by atoms with Crippen molar-refractivity contribution in [1.82, 2.24) is 81.9 Å². The van der Waals surface area contributed by atoms with Crippen LogP contribution < -0.4 is 31.9 Å². The molecular weight excluding hydrogens is 1960 g/mol. The highest BCUT2D eigenvalue weighted by Gasteiger charge is 2.62. The normalized spacial score (nSPS) is 25.3. The average molecular weight is 2110 g/mol. The van der Waals surface area contributed by atoms with E-state index in [9.17, 15) is 59.4 Å². The first-order valence-corrected chi connectivity index (χ1v) is 51.9. The van der Waals surface area contributed by atoms with E-state index < -0.39 is 120 Å². The SMILES string of the molecule is CC(=O)N[C@H]1[C@H]2OC[C@](COCCOCCOCCOCCn3cc(COCC(COCc4cn(CCOCCOCCOCCOC[C@@]56CO[C@@H](O5)[C@H](NC(C)=O)[C@@H](O)[C@H]6O)nn4)(COCc4cn(CCOCCOCCOCCOC[C@@]56CO[C@@H](O5)[C@H](NC(C)=O)[C@@H](O)[C@H]6O)nn4)NC(=O)CCCCCNC(=O)CCCCCOC4OCC(NC(=O)CCCCCSSc5ccccn5)CO4)nn3)(O2)[C@H](O)[C@@H]1O. The molecule has 11 heterocycles. The van der Waals surface area contributed by atoms with Crippen molar-refractivity contribution in [3.05, 3.63) is 60.1 Å². The molecule has 54 heteroatoms. The number of hydrogen-bond acceptors (Lipinski definition) is 45. The Hall–Kier alpha value is -7.11. The van der Waals surface area contributed by atoms with Gasteiger partial charge in [-0.3, -0.25) is 28.8 Å². The summed E-state index contributed by atoms with van der Waals surface area (Å²) in [5.41, 5.74) is -3.75. The molecule has 7 aliphatic heterocycles. The predicted octanol–water partition coefficient (Wildman–Crippen LogP) is -3.01. The second kappa shape index (κ2) is 65.2. The molecule has 52 nitrogen and oxygen atoms in total. The highest BCUT2D eigenvalue weighted by molar-refractivity contribution is 8.76. The summed E-state index contributed by atoms with van der Waals surface area (Å²) in [4.78, 5) is 79.1. The summed E-state index contributed by atoms with van der Waals surface area (Å²) in [6.45, 7) is 10.2. The molecule has 7 fully saturated rings. The van der Waals surface area contributed by atoms with Crippen molar-refractivity contribution in [3.8, 4) is 0 Å². The van der Waals surface area contributed by atoms with Crippen molar-refractivity contribution in [2.45, 2.75) is 251 Å². The highest BCUT2D eigenvalue weighted by Crippen LogP contribution is 2.41. The molecular formula is C91H148N16O36S2. The summed E-state index contributed by atoms with van der Waals surface area (Å²) >= 11 is 0. The van der Waals surface area contributed by atoms with Crippen molar-refractivity contribution in [2.75, 3.05) is 230 Å². The minimum atomic E-state index is -1.36. The Bertz CT molecular complexity index is 4020. The van der Waals surface area contributed by atoms with E-state index in [1.807, 2.05) is 18.2 Å². The number of amides is 6. The van der Waals surface area contributed by atoms with Gasteiger partial charge in [-0.25, -0.2) is 19.0 Å². The Kier molecular flexibility index (Phi) is 53.1. The van der Waals surface area contributed by atoms with Gasteiger partial charge in [0.1, 0.15) is 99.2 Å². The van der Waals surface area contributed by atoms with Gasteiger partial charge in [0.15, 0.2) is 18.9 Å². The second-order valence-electron chi connectivity index (χ2n) is 35.9. The standard InChI is InChI=1S/C91H148N16O36S2/c1-64(108)94-75-78(114)81(117)89(61-138-84(75)141-89)58-129-43-40-126-37-34-123-31-28-120-25-21-105-47-67(99-102-105)50-132-55-88(56-133-51-68-48-106(103-100-68)22-26-121-29-32-124-35-38-127-41-44-130-59-90-62-139-85(142-90)76(95-65(2)109)79(115)82(90)118,57-134-52-69-49-107(104-101-69)23-27-122-30-33-125-36-39-128-42-45-131-60-91-63-140-86(143-91)77(96-66(3)110)80(116)83(91)119)98-73(113)17-7-4-11-19-92-71(111)15-8-5-13-24-135-87-136-53-70(54-137-87)97-72(112)16-9-6-14-46-144-145-74-18-10-12-20-93-74/h10,12,18,20,47-49,70,75-87,114-119H,4-9,11,13-17,19,21-46,50-63H2,1-3H3,(H,92,111)(H,94,108)(H,95,109)(H,96,110)(H,97,112)(H,98,113)/t70?,75-,76-,77-,78-,79-,80-,81-,82-,83-,84+,85+,86+,87?,89+,90+,91+/m1/s1. The summed E-state index contributed by atoms with van der Waals surface area (Å²) in [5, 5.41) is 108. The molecule has 0 aliphatic carbocycles. The van der Waals surface area contributed by atoms with E-state index in [2.05, 4.69) is 67.8 Å². The molecule has 4 aromatic heterocycles. The van der Waals surface area contributed by atoms with E-state index in [-0.39, 0.29) is 242 Å². The van der Waals surface area contributed by atoms with Gasteiger partial charge >= 0.3 is 0 Å². The number of carbonyl (C=O) groups excluding carboxylic acids is 6. The Balaban J connectivity index is 0.601. The zero-order valence-electron chi connectivity index (χ0n) is 82.8. The van der Waals surface area contributed by atoms with E-state index in [0.29, 0.717) is 115 Å². The third-order valence-corrected chi connectivity index (χ3v) is 26.2. The lowest BCUT2D eigenvalue weighted by Crippen LogP contribution is -2.66. The van der Waals surface area contributed by atoms with Crippen LogP contribution in [-0.4, -0.2) is 455 Å². The van der Waals surface area contributed by atoms with Gasteiger partial charge in [-0.2, -0.15) is 0 Å². The number of nitrogens with one attached hydrogen (secondary N) is 6. The van der Waals surface area contributed by atoms with Crippen LogP contribution >= 0.6 is 21.6 Å². The molecule has 6 bridgehead atoms. The van der Waals surface area contributed by atoms with E-state index in [0.717, 1.165) is 36.5 Å². The van der Waals surface area contributed by atoms with Crippen molar-refractivity contribution in [2.24, 2.45) is 0 Å². The van der Waals surface area contributed by atoms with Crippen LogP contribution in [0.1, 0.15) is 115 Å². The molecule has 4 aromatic rings. The maximum absolute atomic E-state index is 14.4. The number of aliphatic hydroxyl groups is 6. The molecule has 145 heavy (non-hydrogen) atoms. The maximum atomic E-state index is 14.4. The van der Waals surface area contributed by atoms with Gasteiger partial charge in [0, 0.05) is 58.5 Å². The third-order valence-electron chi connectivity index (χ3n) is 23.9.